The van der Waals surface area contributed by atoms with Crippen LogP contribution in [0.4, 0.5) is 11.6 Å². The highest BCUT2D eigenvalue weighted by molar-refractivity contribution is 6.31. The van der Waals surface area contributed by atoms with Gasteiger partial charge < -0.3 is 19.9 Å². The van der Waals surface area contributed by atoms with Crippen molar-refractivity contribution in [2.45, 2.75) is 6.92 Å². The maximum Gasteiger partial charge on any atom is 0.272 e. The zero-order valence-corrected chi connectivity index (χ0v) is 15.9. The van der Waals surface area contributed by atoms with E-state index >= 15 is 0 Å². The van der Waals surface area contributed by atoms with Gasteiger partial charge in [-0.15, -0.1) is 0 Å². The molecule has 0 radical (unpaired) electrons. The number of hydrogen-bond donors (Lipinski definition) is 1. The summed E-state index contributed by atoms with van der Waals surface area (Å²) in [6.45, 7) is 5.03. The predicted molar refractivity (Wildman–Crippen MR) is 101 cm³/mol. The van der Waals surface area contributed by atoms with Crippen LogP contribution in [0.2, 0.25) is 5.02 Å². The number of rotatable bonds is 4. The van der Waals surface area contributed by atoms with Crippen molar-refractivity contribution in [1.82, 2.24) is 19.8 Å². The average molecular weight is 376 g/mol. The number of amides is 1. The van der Waals surface area contributed by atoms with Crippen LogP contribution in [0, 0.1) is 6.92 Å². The van der Waals surface area contributed by atoms with Crippen LogP contribution in [0.1, 0.15) is 16.1 Å². The van der Waals surface area contributed by atoms with Crippen LogP contribution >= 0.6 is 11.6 Å². The van der Waals surface area contributed by atoms with Crippen molar-refractivity contribution in [1.29, 1.82) is 0 Å². The van der Waals surface area contributed by atoms with Gasteiger partial charge in [-0.25, -0.2) is 9.97 Å². The second-order valence-corrected chi connectivity index (χ2v) is 6.69. The zero-order chi connectivity index (χ0) is 18.7. The summed E-state index contributed by atoms with van der Waals surface area (Å²) in [5, 5.41) is 3.73. The Balaban J connectivity index is 1.80. The lowest BCUT2D eigenvalue weighted by Gasteiger charge is -2.32. The largest absolute Gasteiger partial charge is 0.495 e. The maximum atomic E-state index is 12.7. The van der Waals surface area contributed by atoms with Gasteiger partial charge in [0.1, 0.15) is 11.4 Å². The number of anilines is 2. The molecule has 1 saturated heterocycles. The number of aromatic nitrogens is 2. The molecule has 1 fully saturated rings. The Morgan fingerprint density at radius 2 is 2.00 bits per heavy atom. The van der Waals surface area contributed by atoms with Gasteiger partial charge in [0.2, 0.25) is 5.95 Å². The number of halogens is 1. The van der Waals surface area contributed by atoms with Crippen molar-refractivity contribution >= 4 is 29.1 Å². The van der Waals surface area contributed by atoms with Gasteiger partial charge in [0, 0.05) is 43.5 Å². The number of nitrogens with one attached hydrogen (secondary N) is 1. The third-order valence-corrected chi connectivity index (χ3v) is 4.80. The van der Waals surface area contributed by atoms with Gasteiger partial charge in [0.05, 0.1) is 12.8 Å². The fourth-order valence-corrected chi connectivity index (χ4v) is 2.91. The third kappa shape index (κ3) is 4.05. The topological polar surface area (TPSA) is 70.6 Å². The first kappa shape index (κ1) is 18.4. The number of nitrogens with zero attached hydrogens (tertiary/aromatic N) is 4. The molecule has 138 valence electrons. The normalized spacial score (nSPS) is 15.0. The van der Waals surface area contributed by atoms with Gasteiger partial charge in [-0.1, -0.05) is 11.6 Å². The summed E-state index contributed by atoms with van der Waals surface area (Å²) in [4.78, 5) is 25.3. The molecule has 0 unspecified atom stereocenters. The molecule has 2 heterocycles. The number of ether oxygens (including phenoxy) is 1. The third-order valence-electron chi connectivity index (χ3n) is 4.39. The summed E-state index contributed by atoms with van der Waals surface area (Å²) in [6, 6.07) is 5.23. The minimum atomic E-state index is -0.0807. The molecule has 0 saturated carbocycles. The van der Waals surface area contributed by atoms with E-state index in [-0.39, 0.29) is 5.91 Å². The Kier molecular flexibility index (Phi) is 5.58. The molecule has 26 heavy (non-hydrogen) atoms. The predicted octanol–water partition coefficient (Wildman–Crippen LogP) is 2.58. The number of likely N-dealkylation sites (N-methyl/N-ethyl adjacent to an activating group) is 1. The van der Waals surface area contributed by atoms with E-state index in [1.807, 2.05) is 17.9 Å². The Bertz CT molecular complexity index is 806. The van der Waals surface area contributed by atoms with Gasteiger partial charge in [0.25, 0.3) is 5.91 Å². The fraction of sp³-hybridized carbons (Fsp3) is 0.389. The number of benzene rings is 1. The van der Waals surface area contributed by atoms with Crippen LogP contribution < -0.4 is 10.1 Å². The van der Waals surface area contributed by atoms with Gasteiger partial charge in [-0.3, -0.25) is 4.79 Å². The molecule has 0 aliphatic carbocycles. The van der Waals surface area contributed by atoms with Crippen LogP contribution in [-0.4, -0.2) is 66.0 Å². The van der Waals surface area contributed by atoms with E-state index in [0.29, 0.717) is 41.2 Å². The van der Waals surface area contributed by atoms with Gasteiger partial charge in [0.15, 0.2) is 0 Å². The fourth-order valence-electron chi connectivity index (χ4n) is 2.76. The SMILES string of the molecule is COc1cc(Cl)c(C)cc1Nc1nccc(C(=O)N2CCN(C)CC2)n1. The van der Waals surface area contributed by atoms with E-state index in [4.69, 9.17) is 16.3 Å². The Morgan fingerprint density at radius 1 is 1.27 bits per heavy atom. The smallest absolute Gasteiger partial charge is 0.272 e. The average Bonchev–Trinajstić information content (AvgIpc) is 2.65. The van der Waals surface area contributed by atoms with E-state index in [2.05, 4.69) is 27.2 Å². The van der Waals surface area contributed by atoms with Crippen molar-refractivity contribution in [2.24, 2.45) is 0 Å². The zero-order valence-electron chi connectivity index (χ0n) is 15.1. The molecule has 0 atom stereocenters. The van der Waals surface area contributed by atoms with Crippen LogP contribution in [0.5, 0.6) is 5.75 Å². The second-order valence-electron chi connectivity index (χ2n) is 6.29. The minimum absolute atomic E-state index is 0.0807. The van der Waals surface area contributed by atoms with Crippen molar-refractivity contribution in [3.63, 3.8) is 0 Å². The molecule has 0 spiro atoms. The van der Waals surface area contributed by atoms with Crippen LogP contribution in [0.3, 0.4) is 0 Å². The number of methoxy groups -OCH3 is 1. The Labute approximate surface area is 157 Å². The standard InChI is InChI=1S/C18H22ClN5O2/c1-12-10-15(16(26-3)11-13(12)19)22-18-20-5-4-14(21-18)17(25)24-8-6-23(2)7-9-24/h4-5,10-11H,6-9H2,1-3H3,(H,20,21,22). The molecule has 8 heteroatoms. The van der Waals surface area contributed by atoms with Crippen molar-refractivity contribution < 1.29 is 9.53 Å². The summed E-state index contributed by atoms with van der Waals surface area (Å²) in [6.07, 6.45) is 1.58. The van der Waals surface area contributed by atoms with E-state index in [0.717, 1.165) is 18.7 Å². The van der Waals surface area contributed by atoms with E-state index in [1.54, 1.807) is 25.4 Å². The van der Waals surface area contributed by atoms with Crippen molar-refractivity contribution in [3.05, 3.63) is 40.7 Å². The molecule has 1 N–H and O–H groups in total. The number of carbonyl (C=O) groups excluding carboxylic acids is 1. The lowest BCUT2D eigenvalue weighted by atomic mass is 10.2. The second kappa shape index (κ2) is 7.88. The minimum Gasteiger partial charge on any atom is -0.495 e. The summed E-state index contributed by atoms with van der Waals surface area (Å²) in [5.74, 6) is 0.841. The van der Waals surface area contributed by atoms with Gasteiger partial charge >= 0.3 is 0 Å². The molecule has 1 aromatic carbocycles. The molecule has 1 aromatic heterocycles. The first-order valence-corrected chi connectivity index (χ1v) is 8.77. The molecule has 0 bridgehead atoms. The highest BCUT2D eigenvalue weighted by atomic mass is 35.5. The lowest BCUT2D eigenvalue weighted by molar-refractivity contribution is 0.0658. The molecule has 3 rings (SSSR count). The molecule has 7 nitrogen and oxygen atoms in total. The van der Waals surface area contributed by atoms with Crippen LogP contribution in [0.15, 0.2) is 24.4 Å². The van der Waals surface area contributed by atoms with Gasteiger partial charge in [-0.2, -0.15) is 0 Å². The Hall–Kier alpha value is -2.38. The van der Waals surface area contributed by atoms with Crippen molar-refractivity contribution in [3.8, 4) is 5.75 Å². The lowest BCUT2D eigenvalue weighted by Crippen LogP contribution is -2.47. The molecular formula is C18H22ClN5O2. The summed E-state index contributed by atoms with van der Waals surface area (Å²) >= 11 is 6.14. The first-order valence-electron chi connectivity index (χ1n) is 8.40. The number of aryl methyl sites for hydroxylation is 1. The summed E-state index contributed by atoms with van der Waals surface area (Å²) < 4.78 is 5.35. The summed E-state index contributed by atoms with van der Waals surface area (Å²) in [5.41, 5.74) is 1.97. The Morgan fingerprint density at radius 3 is 2.69 bits per heavy atom. The number of carbonyl (C=O) groups is 1. The molecule has 1 amide bonds. The maximum absolute atomic E-state index is 12.7. The quantitative estimate of drug-likeness (QED) is 0.885. The van der Waals surface area contributed by atoms with Crippen LogP contribution in [-0.2, 0) is 0 Å². The molecular weight excluding hydrogens is 354 g/mol. The van der Waals surface area contributed by atoms with E-state index < -0.39 is 0 Å². The molecule has 1 aliphatic rings. The monoisotopic (exact) mass is 375 g/mol. The number of piperazine rings is 1. The van der Waals surface area contributed by atoms with E-state index in [9.17, 15) is 4.79 Å². The molecule has 2 aromatic rings. The number of hydrogen-bond acceptors (Lipinski definition) is 6. The summed E-state index contributed by atoms with van der Waals surface area (Å²) in [7, 11) is 3.62. The first-order chi connectivity index (χ1) is 12.5. The van der Waals surface area contributed by atoms with Gasteiger partial charge in [-0.05, 0) is 31.7 Å². The molecule has 1 aliphatic heterocycles. The highest BCUT2D eigenvalue weighted by Gasteiger charge is 2.21. The van der Waals surface area contributed by atoms with Crippen molar-refractivity contribution in [2.75, 3.05) is 45.7 Å². The van der Waals surface area contributed by atoms with Crippen LogP contribution in [0.25, 0.3) is 0 Å². The highest BCUT2D eigenvalue weighted by Crippen LogP contribution is 2.32. The van der Waals surface area contributed by atoms with E-state index in [1.165, 1.54) is 0 Å².